The van der Waals surface area contributed by atoms with Crippen LogP contribution in [0.2, 0.25) is 0 Å². The van der Waals surface area contributed by atoms with Gasteiger partial charge in [-0.2, -0.15) is 0 Å². The van der Waals surface area contributed by atoms with Crippen molar-refractivity contribution in [1.29, 1.82) is 0 Å². The van der Waals surface area contributed by atoms with Crippen LogP contribution in [0.15, 0.2) is 24.3 Å². The van der Waals surface area contributed by atoms with Gasteiger partial charge in [0.25, 0.3) is 0 Å². The van der Waals surface area contributed by atoms with Crippen LogP contribution in [0.5, 0.6) is 5.75 Å². The zero-order valence-corrected chi connectivity index (χ0v) is 12.0. The average Bonchev–Trinajstić information content (AvgIpc) is 2.80. The van der Waals surface area contributed by atoms with Crippen LogP contribution in [-0.4, -0.2) is 18.1 Å². The third kappa shape index (κ3) is 3.85. The molecule has 1 saturated carbocycles. The van der Waals surface area contributed by atoms with Crippen molar-refractivity contribution >= 4 is 24.0 Å². The van der Waals surface area contributed by atoms with E-state index in [1.165, 1.54) is 0 Å². The summed E-state index contributed by atoms with van der Waals surface area (Å²) in [4.78, 5) is 12.1. The Morgan fingerprint density at radius 2 is 1.89 bits per heavy atom. The summed E-state index contributed by atoms with van der Waals surface area (Å²) >= 11 is 0. The lowest BCUT2D eigenvalue weighted by atomic mass is 9.98. The van der Waals surface area contributed by atoms with E-state index in [0.29, 0.717) is 6.61 Å². The fraction of sp³-hybridized carbons (Fsp3) is 0.500. The smallest absolute Gasteiger partial charge is 0.244 e. The first-order valence-corrected chi connectivity index (χ1v) is 6.47. The molecule has 0 saturated heterocycles. The van der Waals surface area contributed by atoms with E-state index < -0.39 is 5.54 Å². The summed E-state index contributed by atoms with van der Waals surface area (Å²) in [5, 5.41) is 2.87. The van der Waals surface area contributed by atoms with Gasteiger partial charge < -0.3 is 15.8 Å². The van der Waals surface area contributed by atoms with Crippen molar-refractivity contribution in [3.63, 3.8) is 0 Å². The van der Waals surface area contributed by atoms with Crippen molar-refractivity contribution in [2.45, 2.75) is 38.1 Å². The lowest BCUT2D eigenvalue weighted by Crippen LogP contribution is -2.48. The third-order valence-electron chi connectivity index (χ3n) is 3.37. The maximum atomic E-state index is 12.1. The number of anilines is 1. The van der Waals surface area contributed by atoms with E-state index in [4.69, 9.17) is 10.5 Å². The van der Waals surface area contributed by atoms with Crippen LogP contribution < -0.4 is 15.8 Å². The van der Waals surface area contributed by atoms with Gasteiger partial charge in [-0.1, -0.05) is 12.8 Å². The van der Waals surface area contributed by atoms with Gasteiger partial charge in [0.15, 0.2) is 0 Å². The number of hydrogen-bond acceptors (Lipinski definition) is 3. The molecule has 0 aliphatic heterocycles. The molecule has 106 valence electrons. The van der Waals surface area contributed by atoms with E-state index >= 15 is 0 Å². The zero-order chi connectivity index (χ0) is 13.0. The predicted molar refractivity (Wildman–Crippen MR) is 78.9 cm³/mol. The van der Waals surface area contributed by atoms with E-state index in [2.05, 4.69) is 5.32 Å². The Morgan fingerprint density at radius 3 is 2.42 bits per heavy atom. The van der Waals surface area contributed by atoms with E-state index in [0.717, 1.165) is 37.1 Å². The molecule has 1 aliphatic carbocycles. The summed E-state index contributed by atoms with van der Waals surface area (Å²) in [5.41, 5.74) is 6.17. The van der Waals surface area contributed by atoms with E-state index in [1.807, 2.05) is 31.2 Å². The molecular formula is C14H21ClN2O2. The van der Waals surface area contributed by atoms with Gasteiger partial charge in [0.2, 0.25) is 5.91 Å². The SMILES string of the molecule is CCOc1ccc(NC(=O)C2(N)CCCC2)cc1.Cl. The maximum absolute atomic E-state index is 12.1. The van der Waals surface area contributed by atoms with Crippen LogP contribution in [0.3, 0.4) is 0 Å². The molecule has 5 heteroatoms. The number of carbonyl (C=O) groups excluding carboxylic acids is 1. The standard InChI is InChI=1S/C14H20N2O2.ClH/c1-2-18-12-7-5-11(6-8-12)16-13(17)14(15)9-3-4-10-14;/h5-8H,2-4,9-10,15H2,1H3,(H,16,17);1H. The van der Waals surface area contributed by atoms with E-state index in [1.54, 1.807) is 0 Å². The minimum Gasteiger partial charge on any atom is -0.494 e. The van der Waals surface area contributed by atoms with Crippen LogP contribution in [0.4, 0.5) is 5.69 Å². The third-order valence-corrected chi connectivity index (χ3v) is 3.37. The van der Waals surface area contributed by atoms with Gasteiger partial charge in [-0.3, -0.25) is 4.79 Å². The van der Waals surface area contributed by atoms with Crippen molar-refractivity contribution in [1.82, 2.24) is 0 Å². The quantitative estimate of drug-likeness (QED) is 0.893. The van der Waals surface area contributed by atoms with Crippen molar-refractivity contribution in [2.75, 3.05) is 11.9 Å². The highest BCUT2D eigenvalue weighted by Crippen LogP contribution is 2.28. The lowest BCUT2D eigenvalue weighted by molar-refractivity contribution is -0.121. The number of benzene rings is 1. The van der Waals surface area contributed by atoms with Crippen molar-refractivity contribution in [3.8, 4) is 5.75 Å². The van der Waals surface area contributed by atoms with Crippen molar-refractivity contribution in [2.24, 2.45) is 5.73 Å². The normalized spacial score (nSPS) is 16.5. The Bertz CT molecular complexity index is 414. The number of nitrogens with one attached hydrogen (secondary N) is 1. The first-order valence-electron chi connectivity index (χ1n) is 6.47. The summed E-state index contributed by atoms with van der Waals surface area (Å²) in [6.45, 7) is 2.57. The highest BCUT2D eigenvalue weighted by Gasteiger charge is 2.36. The van der Waals surface area contributed by atoms with Crippen LogP contribution in [0.1, 0.15) is 32.6 Å². The molecule has 0 heterocycles. The van der Waals surface area contributed by atoms with Gasteiger partial charge in [0.05, 0.1) is 12.1 Å². The number of hydrogen-bond donors (Lipinski definition) is 2. The van der Waals surface area contributed by atoms with Gasteiger partial charge >= 0.3 is 0 Å². The Balaban J connectivity index is 0.00000180. The van der Waals surface area contributed by atoms with Gasteiger partial charge in [-0.05, 0) is 44.0 Å². The minimum absolute atomic E-state index is 0. The Morgan fingerprint density at radius 1 is 1.32 bits per heavy atom. The second kappa shape index (κ2) is 6.78. The van der Waals surface area contributed by atoms with Gasteiger partial charge in [-0.15, -0.1) is 12.4 Å². The number of amides is 1. The summed E-state index contributed by atoms with van der Waals surface area (Å²) in [6.07, 6.45) is 3.62. The maximum Gasteiger partial charge on any atom is 0.244 e. The molecule has 0 atom stereocenters. The van der Waals surface area contributed by atoms with Crippen LogP contribution in [0, 0.1) is 0 Å². The summed E-state index contributed by atoms with van der Waals surface area (Å²) in [6, 6.07) is 7.36. The molecule has 19 heavy (non-hydrogen) atoms. The molecule has 1 aromatic carbocycles. The number of ether oxygens (including phenoxy) is 1. The molecule has 0 spiro atoms. The Hall–Kier alpha value is -1.26. The second-order valence-corrected chi connectivity index (χ2v) is 4.77. The van der Waals surface area contributed by atoms with Crippen LogP contribution in [0.25, 0.3) is 0 Å². The molecule has 2 rings (SSSR count). The van der Waals surface area contributed by atoms with Gasteiger partial charge in [0, 0.05) is 5.69 Å². The van der Waals surface area contributed by atoms with Crippen molar-refractivity contribution < 1.29 is 9.53 Å². The van der Waals surface area contributed by atoms with Crippen molar-refractivity contribution in [3.05, 3.63) is 24.3 Å². The van der Waals surface area contributed by atoms with Gasteiger partial charge in [-0.25, -0.2) is 0 Å². The monoisotopic (exact) mass is 284 g/mol. The molecule has 1 amide bonds. The molecule has 0 unspecified atom stereocenters. The molecule has 0 aromatic heterocycles. The highest BCUT2D eigenvalue weighted by atomic mass is 35.5. The molecule has 4 nitrogen and oxygen atoms in total. The fourth-order valence-electron chi connectivity index (χ4n) is 2.29. The minimum atomic E-state index is -0.682. The molecule has 1 aromatic rings. The van der Waals surface area contributed by atoms with Gasteiger partial charge in [0.1, 0.15) is 5.75 Å². The predicted octanol–water partition coefficient (Wildman–Crippen LogP) is 2.72. The zero-order valence-electron chi connectivity index (χ0n) is 11.1. The van der Waals surface area contributed by atoms with E-state index in [9.17, 15) is 4.79 Å². The fourth-order valence-corrected chi connectivity index (χ4v) is 2.29. The number of carbonyl (C=O) groups is 1. The lowest BCUT2D eigenvalue weighted by Gasteiger charge is -2.22. The molecule has 0 radical (unpaired) electrons. The summed E-state index contributed by atoms with van der Waals surface area (Å²) < 4.78 is 5.35. The molecule has 0 bridgehead atoms. The first-order chi connectivity index (χ1) is 8.64. The highest BCUT2D eigenvalue weighted by molar-refractivity contribution is 5.98. The van der Waals surface area contributed by atoms with E-state index in [-0.39, 0.29) is 18.3 Å². The largest absolute Gasteiger partial charge is 0.494 e. The Kier molecular flexibility index (Phi) is 5.63. The topological polar surface area (TPSA) is 64.3 Å². The molecule has 1 aliphatic rings. The molecule has 3 N–H and O–H groups in total. The molecular weight excluding hydrogens is 264 g/mol. The second-order valence-electron chi connectivity index (χ2n) is 4.77. The average molecular weight is 285 g/mol. The van der Waals surface area contributed by atoms with Crippen LogP contribution >= 0.6 is 12.4 Å². The summed E-state index contributed by atoms with van der Waals surface area (Å²) in [5.74, 6) is 0.725. The van der Waals surface area contributed by atoms with Crippen LogP contribution in [-0.2, 0) is 4.79 Å². The first kappa shape index (κ1) is 15.8. The number of nitrogens with two attached hydrogens (primary N) is 1. The number of rotatable bonds is 4. The molecule has 1 fully saturated rings. The Labute approximate surface area is 120 Å². The summed E-state index contributed by atoms with van der Waals surface area (Å²) in [7, 11) is 0. The number of halogens is 1.